The smallest absolute Gasteiger partial charge is 0.167 e. The van der Waals surface area contributed by atoms with Crippen molar-refractivity contribution in [2.45, 2.75) is 13.3 Å². The predicted molar refractivity (Wildman–Crippen MR) is 77.2 cm³/mol. The lowest BCUT2D eigenvalue weighted by Gasteiger charge is -2.06. The Hall–Kier alpha value is -1.80. The van der Waals surface area contributed by atoms with Crippen molar-refractivity contribution in [3.63, 3.8) is 0 Å². The summed E-state index contributed by atoms with van der Waals surface area (Å²) in [6.07, 6.45) is 0.366. The topological polar surface area (TPSA) is 26.3 Å². The van der Waals surface area contributed by atoms with Gasteiger partial charge in [-0.05, 0) is 42.3 Å². The average molecular weight is 275 g/mol. The first-order chi connectivity index (χ1) is 9.10. The van der Waals surface area contributed by atoms with Crippen LogP contribution >= 0.6 is 11.6 Å². The Labute approximate surface area is 118 Å². The van der Waals surface area contributed by atoms with E-state index in [0.29, 0.717) is 17.0 Å². The lowest BCUT2D eigenvalue weighted by atomic mass is 9.99. The van der Waals surface area contributed by atoms with Gasteiger partial charge in [-0.25, -0.2) is 0 Å². The minimum absolute atomic E-state index is 0.0742. The number of methoxy groups -OCH3 is 1. The zero-order chi connectivity index (χ0) is 13.8. The highest BCUT2D eigenvalue weighted by atomic mass is 35.5. The van der Waals surface area contributed by atoms with Gasteiger partial charge in [0, 0.05) is 17.0 Å². The summed E-state index contributed by atoms with van der Waals surface area (Å²) in [5, 5.41) is 0.587. The van der Waals surface area contributed by atoms with Crippen LogP contribution in [-0.2, 0) is 6.42 Å². The minimum atomic E-state index is 0.0742. The first-order valence-electron chi connectivity index (χ1n) is 6.02. The zero-order valence-corrected chi connectivity index (χ0v) is 11.7. The van der Waals surface area contributed by atoms with E-state index in [1.807, 2.05) is 37.3 Å². The highest BCUT2D eigenvalue weighted by Crippen LogP contribution is 2.18. The van der Waals surface area contributed by atoms with Crippen molar-refractivity contribution < 1.29 is 9.53 Å². The fourth-order valence-electron chi connectivity index (χ4n) is 1.92. The number of ketones is 1. The third-order valence-electron chi connectivity index (χ3n) is 3.02. The molecule has 0 aromatic heterocycles. The van der Waals surface area contributed by atoms with Crippen molar-refractivity contribution in [1.82, 2.24) is 0 Å². The Kier molecular flexibility index (Phi) is 4.23. The fourth-order valence-corrected chi connectivity index (χ4v) is 2.09. The third kappa shape index (κ3) is 3.36. The molecular formula is C16H15ClO2. The van der Waals surface area contributed by atoms with Crippen molar-refractivity contribution in [1.29, 1.82) is 0 Å². The quantitative estimate of drug-likeness (QED) is 0.785. The second kappa shape index (κ2) is 5.89. The molecule has 0 heterocycles. The lowest BCUT2D eigenvalue weighted by molar-refractivity contribution is 0.0992. The molecule has 0 aliphatic carbocycles. The summed E-state index contributed by atoms with van der Waals surface area (Å²) in [6.45, 7) is 1.91. The number of ether oxygens (including phenoxy) is 1. The van der Waals surface area contributed by atoms with Crippen LogP contribution in [0.1, 0.15) is 21.5 Å². The van der Waals surface area contributed by atoms with Crippen LogP contribution in [0.25, 0.3) is 0 Å². The summed E-state index contributed by atoms with van der Waals surface area (Å²) in [4.78, 5) is 12.3. The number of rotatable bonds is 4. The minimum Gasteiger partial charge on any atom is -0.497 e. The molecule has 0 N–H and O–H groups in total. The van der Waals surface area contributed by atoms with Gasteiger partial charge in [0.1, 0.15) is 5.75 Å². The largest absolute Gasteiger partial charge is 0.497 e. The van der Waals surface area contributed by atoms with Gasteiger partial charge in [-0.2, -0.15) is 0 Å². The number of halogens is 1. The highest BCUT2D eigenvalue weighted by molar-refractivity contribution is 6.31. The van der Waals surface area contributed by atoms with Gasteiger partial charge in [-0.1, -0.05) is 29.8 Å². The van der Waals surface area contributed by atoms with E-state index in [1.54, 1.807) is 19.2 Å². The molecule has 0 aliphatic heterocycles. The third-order valence-corrected chi connectivity index (χ3v) is 3.26. The van der Waals surface area contributed by atoms with Gasteiger partial charge in [-0.3, -0.25) is 4.79 Å². The fraction of sp³-hybridized carbons (Fsp3) is 0.188. The SMILES string of the molecule is COc1ccc(CC(=O)c2cc(Cl)ccc2C)cc1. The number of hydrogen-bond acceptors (Lipinski definition) is 2. The molecule has 0 amide bonds. The van der Waals surface area contributed by atoms with E-state index in [2.05, 4.69) is 0 Å². The highest BCUT2D eigenvalue weighted by Gasteiger charge is 2.10. The molecule has 0 aliphatic rings. The summed E-state index contributed by atoms with van der Waals surface area (Å²) < 4.78 is 5.09. The van der Waals surface area contributed by atoms with Crippen molar-refractivity contribution in [2.75, 3.05) is 7.11 Å². The maximum absolute atomic E-state index is 12.3. The molecule has 0 unspecified atom stereocenters. The van der Waals surface area contributed by atoms with Crippen LogP contribution in [0.15, 0.2) is 42.5 Å². The van der Waals surface area contributed by atoms with E-state index in [1.165, 1.54) is 0 Å². The zero-order valence-electron chi connectivity index (χ0n) is 10.9. The number of benzene rings is 2. The lowest BCUT2D eigenvalue weighted by Crippen LogP contribution is -2.05. The molecule has 3 heteroatoms. The van der Waals surface area contributed by atoms with E-state index >= 15 is 0 Å². The Morgan fingerprint density at radius 2 is 1.84 bits per heavy atom. The van der Waals surface area contributed by atoms with E-state index in [4.69, 9.17) is 16.3 Å². The second-order valence-corrected chi connectivity index (χ2v) is 4.84. The summed E-state index contributed by atoms with van der Waals surface area (Å²) in [5.74, 6) is 0.861. The van der Waals surface area contributed by atoms with Crippen molar-refractivity contribution in [2.24, 2.45) is 0 Å². The molecule has 0 bridgehead atoms. The van der Waals surface area contributed by atoms with Gasteiger partial charge in [-0.15, -0.1) is 0 Å². The van der Waals surface area contributed by atoms with Gasteiger partial charge >= 0.3 is 0 Å². The maximum atomic E-state index is 12.3. The number of carbonyl (C=O) groups excluding carboxylic acids is 1. The van der Waals surface area contributed by atoms with Crippen LogP contribution in [0.3, 0.4) is 0 Å². The molecule has 0 saturated carbocycles. The van der Waals surface area contributed by atoms with Crippen molar-refractivity contribution in [3.05, 3.63) is 64.2 Å². The Balaban J connectivity index is 2.18. The van der Waals surface area contributed by atoms with Gasteiger partial charge < -0.3 is 4.74 Å². The molecule has 98 valence electrons. The molecule has 0 spiro atoms. The summed E-state index contributed by atoms with van der Waals surface area (Å²) in [6, 6.07) is 12.9. The van der Waals surface area contributed by atoms with Gasteiger partial charge in [0.05, 0.1) is 7.11 Å². The first-order valence-corrected chi connectivity index (χ1v) is 6.40. The van der Waals surface area contributed by atoms with E-state index < -0.39 is 0 Å². The molecule has 19 heavy (non-hydrogen) atoms. The van der Waals surface area contributed by atoms with Gasteiger partial charge in [0.2, 0.25) is 0 Å². The monoisotopic (exact) mass is 274 g/mol. The van der Waals surface area contributed by atoms with Crippen molar-refractivity contribution >= 4 is 17.4 Å². The average Bonchev–Trinajstić information content (AvgIpc) is 2.42. The summed E-state index contributed by atoms with van der Waals surface area (Å²) in [7, 11) is 1.62. The van der Waals surface area contributed by atoms with Crippen LogP contribution in [0.2, 0.25) is 5.02 Å². The molecule has 0 atom stereocenters. The number of carbonyl (C=O) groups is 1. The van der Waals surface area contributed by atoms with E-state index in [0.717, 1.165) is 16.9 Å². The standard InChI is InChI=1S/C16H15ClO2/c1-11-3-6-13(17)10-15(11)16(18)9-12-4-7-14(19-2)8-5-12/h3-8,10H,9H2,1-2H3. The molecule has 2 aromatic rings. The Bertz CT molecular complexity index is 588. The molecule has 0 radical (unpaired) electrons. The van der Waals surface area contributed by atoms with Crippen LogP contribution in [-0.4, -0.2) is 12.9 Å². The Morgan fingerprint density at radius 1 is 1.16 bits per heavy atom. The van der Waals surface area contributed by atoms with Crippen LogP contribution in [0, 0.1) is 6.92 Å². The predicted octanol–water partition coefficient (Wildman–Crippen LogP) is 4.08. The van der Waals surface area contributed by atoms with Crippen LogP contribution < -0.4 is 4.74 Å². The van der Waals surface area contributed by atoms with Gasteiger partial charge in [0.15, 0.2) is 5.78 Å². The number of hydrogen-bond donors (Lipinski definition) is 0. The van der Waals surface area contributed by atoms with E-state index in [9.17, 15) is 4.79 Å². The van der Waals surface area contributed by atoms with E-state index in [-0.39, 0.29) is 5.78 Å². The van der Waals surface area contributed by atoms with Crippen LogP contribution in [0.5, 0.6) is 5.75 Å². The first kappa shape index (κ1) is 13.6. The number of Topliss-reactive ketones (excluding diaryl/α,β-unsaturated/α-hetero) is 1. The summed E-state index contributed by atoms with van der Waals surface area (Å²) >= 11 is 5.93. The molecular weight excluding hydrogens is 260 g/mol. The molecule has 2 aromatic carbocycles. The van der Waals surface area contributed by atoms with Crippen molar-refractivity contribution in [3.8, 4) is 5.75 Å². The Morgan fingerprint density at radius 3 is 2.47 bits per heavy atom. The number of aryl methyl sites for hydroxylation is 1. The summed E-state index contributed by atoms with van der Waals surface area (Å²) in [5.41, 5.74) is 2.59. The molecule has 2 rings (SSSR count). The molecule has 0 saturated heterocycles. The molecule has 0 fully saturated rings. The second-order valence-electron chi connectivity index (χ2n) is 4.41. The molecule has 2 nitrogen and oxygen atoms in total. The van der Waals surface area contributed by atoms with Gasteiger partial charge in [0.25, 0.3) is 0 Å². The normalized spacial score (nSPS) is 10.3. The maximum Gasteiger partial charge on any atom is 0.167 e. The van der Waals surface area contributed by atoms with Crippen LogP contribution in [0.4, 0.5) is 0 Å².